The van der Waals surface area contributed by atoms with E-state index in [1.165, 1.54) is 38.9 Å². The van der Waals surface area contributed by atoms with Crippen LogP contribution in [0.5, 0.6) is 0 Å². The highest BCUT2D eigenvalue weighted by Crippen LogP contribution is 2.28. The maximum absolute atomic E-state index is 5.55. The second-order valence-corrected chi connectivity index (χ2v) is 6.46. The molecule has 2 unspecified atom stereocenters. The van der Waals surface area contributed by atoms with Gasteiger partial charge in [-0.05, 0) is 37.4 Å². The van der Waals surface area contributed by atoms with Crippen molar-refractivity contribution in [3.05, 3.63) is 24.2 Å². The monoisotopic (exact) mass is 262 g/mol. The van der Waals surface area contributed by atoms with Crippen molar-refractivity contribution in [2.45, 2.75) is 51.7 Å². The van der Waals surface area contributed by atoms with Crippen LogP contribution in [0.3, 0.4) is 0 Å². The van der Waals surface area contributed by atoms with Crippen LogP contribution in [0.2, 0.25) is 0 Å². The molecule has 2 aliphatic heterocycles. The molecule has 3 rings (SSSR count). The van der Waals surface area contributed by atoms with Crippen LogP contribution >= 0.6 is 0 Å². The van der Waals surface area contributed by atoms with E-state index in [1.54, 1.807) is 6.26 Å². The Morgan fingerprint density at radius 2 is 2.21 bits per heavy atom. The van der Waals surface area contributed by atoms with Crippen molar-refractivity contribution < 1.29 is 4.42 Å². The van der Waals surface area contributed by atoms with Gasteiger partial charge in [0.15, 0.2) is 0 Å². The zero-order chi connectivity index (χ0) is 13.2. The van der Waals surface area contributed by atoms with Crippen LogP contribution < -0.4 is 0 Å². The Balaban J connectivity index is 1.72. The molecular weight excluding hydrogens is 236 g/mol. The van der Waals surface area contributed by atoms with E-state index in [0.29, 0.717) is 12.0 Å². The van der Waals surface area contributed by atoms with Crippen LogP contribution in [0.1, 0.15) is 38.9 Å². The molecule has 1 aromatic rings. The summed E-state index contributed by atoms with van der Waals surface area (Å²) in [6.07, 6.45) is 5.96. The number of fused-ring (bicyclic) bond motifs is 1. The summed E-state index contributed by atoms with van der Waals surface area (Å²) in [5.41, 5.74) is 0. The van der Waals surface area contributed by atoms with Crippen LogP contribution in [0, 0.1) is 5.92 Å². The van der Waals surface area contributed by atoms with Gasteiger partial charge in [0.25, 0.3) is 0 Å². The van der Waals surface area contributed by atoms with Crippen molar-refractivity contribution in [2.24, 2.45) is 5.92 Å². The van der Waals surface area contributed by atoms with Crippen molar-refractivity contribution in [2.75, 3.05) is 19.6 Å². The van der Waals surface area contributed by atoms with Gasteiger partial charge >= 0.3 is 0 Å². The lowest BCUT2D eigenvalue weighted by molar-refractivity contribution is -0.0146. The molecule has 0 radical (unpaired) electrons. The fourth-order valence-corrected chi connectivity index (χ4v) is 3.69. The van der Waals surface area contributed by atoms with E-state index in [2.05, 4.69) is 29.7 Å². The number of hydrogen-bond donors (Lipinski definition) is 0. The first-order valence-corrected chi connectivity index (χ1v) is 7.74. The van der Waals surface area contributed by atoms with Gasteiger partial charge in [-0.2, -0.15) is 0 Å². The molecule has 2 saturated heterocycles. The molecule has 3 heteroatoms. The van der Waals surface area contributed by atoms with Gasteiger partial charge in [0.2, 0.25) is 0 Å². The van der Waals surface area contributed by atoms with Crippen molar-refractivity contribution >= 4 is 0 Å². The lowest BCUT2D eigenvalue weighted by Crippen LogP contribution is -2.60. The lowest BCUT2D eigenvalue weighted by Gasteiger charge is -2.49. The Labute approximate surface area is 116 Å². The summed E-state index contributed by atoms with van der Waals surface area (Å²) in [7, 11) is 0. The number of nitrogens with zero attached hydrogens (tertiary/aromatic N) is 2. The fraction of sp³-hybridized carbons (Fsp3) is 0.750. The Bertz CT molecular complexity index is 387. The van der Waals surface area contributed by atoms with E-state index in [0.717, 1.165) is 18.3 Å². The SMILES string of the molecule is CC(C)C1CN2CCCCC2CN1Cc1ccco1. The second-order valence-electron chi connectivity index (χ2n) is 6.46. The maximum Gasteiger partial charge on any atom is 0.117 e. The number of furan rings is 1. The van der Waals surface area contributed by atoms with E-state index in [4.69, 9.17) is 4.42 Å². The quantitative estimate of drug-likeness (QED) is 0.835. The van der Waals surface area contributed by atoms with E-state index in [1.807, 2.05) is 6.07 Å². The predicted molar refractivity (Wildman–Crippen MR) is 77.0 cm³/mol. The molecule has 3 nitrogen and oxygen atoms in total. The van der Waals surface area contributed by atoms with Crippen molar-refractivity contribution in [3.63, 3.8) is 0 Å². The van der Waals surface area contributed by atoms with E-state index in [-0.39, 0.29) is 0 Å². The smallest absolute Gasteiger partial charge is 0.117 e. The van der Waals surface area contributed by atoms with Gasteiger partial charge in [-0.15, -0.1) is 0 Å². The molecule has 0 amide bonds. The minimum Gasteiger partial charge on any atom is -0.468 e. The van der Waals surface area contributed by atoms with Gasteiger partial charge in [0.05, 0.1) is 12.8 Å². The number of piperidine rings is 1. The highest BCUT2D eigenvalue weighted by Gasteiger charge is 2.36. The minimum absolute atomic E-state index is 0.666. The summed E-state index contributed by atoms with van der Waals surface area (Å²) in [6, 6.07) is 5.54. The van der Waals surface area contributed by atoms with Gasteiger partial charge in [-0.1, -0.05) is 20.3 Å². The molecule has 2 atom stereocenters. The third-order valence-electron chi connectivity index (χ3n) is 4.79. The molecule has 2 fully saturated rings. The third kappa shape index (κ3) is 2.87. The largest absolute Gasteiger partial charge is 0.468 e. The zero-order valence-electron chi connectivity index (χ0n) is 12.2. The molecule has 0 aliphatic carbocycles. The van der Waals surface area contributed by atoms with E-state index in [9.17, 15) is 0 Å². The standard InChI is InChI=1S/C16H26N2O/c1-13(2)16-12-17-8-4-3-6-14(17)10-18(16)11-15-7-5-9-19-15/h5,7,9,13-14,16H,3-4,6,8,10-12H2,1-2H3. The van der Waals surface area contributed by atoms with Crippen molar-refractivity contribution in [1.29, 1.82) is 0 Å². The Kier molecular flexibility index (Phi) is 3.94. The van der Waals surface area contributed by atoms with Gasteiger partial charge in [0, 0.05) is 25.2 Å². The summed E-state index contributed by atoms with van der Waals surface area (Å²) in [5, 5.41) is 0. The molecule has 19 heavy (non-hydrogen) atoms. The van der Waals surface area contributed by atoms with Crippen molar-refractivity contribution in [1.82, 2.24) is 9.80 Å². The molecule has 0 spiro atoms. The summed E-state index contributed by atoms with van der Waals surface area (Å²) in [5.74, 6) is 1.81. The first-order valence-electron chi connectivity index (χ1n) is 7.74. The third-order valence-corrected chi connectivity index (χ3v) is 4.79. The molecular formula is C16H26N2O. The van der Waals surface area contributed by atoms with Crippen LogP contribution in [0.15, 0.2) is 22.8 Å². The molecule has 0 N–H and O–H groups in total. The molecule has 0 aromatic carbocycles. The molecule has 0 saturated carbocycles. The van der Waals surface area contributed by atoms with Crippen LogP contribution in [0.4, 0.5) is 0 Å². The van der Waals surface area contributed by atoms with E-state index >= 15 is 0 Å². The van der Waals surface area contributed by atoms with Crippen LogP contribution in [-0.4, -0.2) is 41.5 Å². The Hall–Kier alpha value is -0.800. The number of hydrogen-bond acceptors (Lipinski definition) is 3. The van der Waals surface area contributed by atoms with Gasteiger partial charge in [-0.3, -0.25) is 9.80 Å². The average molecular weight is 262 g/mol. The molecule has 106 valence electrons. The minimum atomic E-state index is 0.666. The van der Waals surface area contributed by atoms with Gasteiger partial charge in [0.1, 0.15) is 5.76 Å². The molecule has 3 heterocycles. The Morgan fingerprint density at radius 1 is 1.32 bits per heavy atom. The predicted octanol–water partition coefficient (Wildman–Crippen LogP) is 2.97. The summed E-state index contributed by atoms with van der Waals surface area (Å²) in [4.78, 5) is 5.38. The fourth-order valence-electron chi connectivity index (χ4n) is 3.69. The maximum atomic E-state index is 5.55. The Morgan fingerprint density at radius 3 is 2.95 bits per heavy atom. The first-order chi connectivity index (χ1) is 9.24. The number of piperazine rings is 1. The topological polar surface area (TPSA) is 19.6 Å². The van der Waals surface area contributed by atoms with Crippen LogP contribution in [-0.2, 0) is 6.54 Å². The molecule has 1 aromatic heterocycles. The average Bonchev–Trinajstić information content (AvgIpc) is 2.90. The zero-order valence-corrected chi connectivity index (χ0v) is 12.2. The summed E-state index contributed by atoms with van der Waals surface area (Å²) in [6.45, 7) is 9.43. The van der Waals surface area contributed by atoms with E-state index < -0.39 is 0 Å². The highest BCUT2D eigenvalue weighted by atomic mass is 16.3. The molecule has 2 aliphatic rings. The summed E-state index contributed by atoms with van der Waals surface area (Å²) < 4.78 is 5.55. The highest BCUT2D eigenvalue weighted by molar-refractivity contribution is 5.01. The van der Waals surface area contributed by atoms with Gasteiger partial charge in [-0.25, -0.2) is 0 Å². The van der Waals surface area contributed by atoms with Crippen LogP contribution in [0.25, 0.3) is 0 Å². The van der Waals surface area contributed by atoms with Gasteiger partial charge < -0.3 is 4.42 Å². The number of rotatable bonds is 3. The van der Waals surface area contributed by atoms with Crippen molar-refractivity contribution in [3.8, 4) is 0 Å². The second kappa shape index (κ2) is 5.68. The molecule has 0 bridgehead atoms. The lowest BCUT2D eigenvalue weighted by atomic mass is 9.92. The first kappa shape index (κ1) is 13.2. The summed E-state index contributed by atoms with van der Waals surface area (Å²) >= 11 is 0. The normalized spacial score (nSPS) is 29.6.